The van der Waals surface area contributed by atoms with E-state index in [1.807, 2.05) is 0 Å². The van der Waals surface area contributed by atoms with Gasteiger partial charge in [0.25, 0.3) is 0 Å². The van der Waals surface area contributed by atoms with Crippen LogP contribution in [0, 0.1) is 0 Å². The molecule has 0 radical (unpaired) electrons. The zero-order chi connectivity index (χ0) is 9.94. The Kier molecular flexibility index (Phi) is 9.56. The summed E-state index contributed by atoms with van der Waals surface area (Å²) in [6.45, 7) is 10.5. The van der Waals surface area contributed by atoms with E-state index in [2.05, 4.69) is 25.7 Å². The fourth-order valence-corrected chi connectivity index (χ4v) is 1.38. The van der Waals surface area contributed by atoms with Gasteiger partial charge in [-0.3, -0.25) is 0 Å². The summed E-state index contributed by atoms with van der Waals surface area (Å²) in [6, 6.07) is 0. The third-order valence-corrected chi connectivity index (χ3v) is 2.21. The maximum Gasteiger partial charge on any atom is -0.00490 e. The summed E-state index contributed by atoms with van der Waals surface area (Å²) >= 11 is 0. The summed E-state index contributed by atoms with van der Waals surface area (Å²) in [6.07, 6.45) is 8.02. The van der Waals surface area contributed by atoms with Crippen molar-refractivity contribution in [1.29, 1.82) is 0 Å². The van der Waals surface area contributed by atoms with E-state index in [9.17, 15) is 0 Å². The van der Waals surface area contributed by atoms with Crippen molar-refractivity contribution in [1.82, 2.24) is 5.32 Å². The van der Waals surface area contributed by atoms with Gasteiger partial charge in [0.2, 0.25) is 0 Å². The maximum atomic E-state index is 3.90. The van der Waals surface area contributed by atoms with E-state index in [1.165, 1.54) is 50.6 Å². The largest absolute Gasteiger partial charge is 0.317 e. The van der Waals surface area contributed by atoms with Crippen molar-refractivity contribution in [2.45, 2.75) is 52.4 Å². The van der Waals surface area contributed by atoms with Gasteiger partial charge in [-0.2, -0.15) is 0 Å². The molecule has 0 aliphatic heterocycles. The first kappa shape index (κ1) is 12.7. The second-order valence-electron chi connectivity index (χ2n) is 3.83. The molecule has 1 heteroatoms. The average Bonchev–Trinajstić information content (AvgIpc) is 2.09. The van der Waals surface area contributed by atoms with Crippen LogP contribution >= 0.6 is 0 Å². The summed E-state index contributed by atoms with van der Waals surface area (Å²) in [4.78, 5) is 0. The lowest BCUT2D eigenvalue weighted by atomic mass is 10.1. The number of hydrogen-bond acceptors (Lipinski definition) is 1. The third kappa shape index (κ3) is 11.7. The molecule has 0 aliphatic carbocycles. The Hall–Kier alpha value is -0.300. The average molecular weight is 183 g/mol. The molecule has 1 nitrogen and oxygen atoms in total. The Morgan fingerprint density at radius 2 is 1.69 bits per heavy atom. The van der Waals surface area contributed by atoms with E-state index >= 15 is 0 Å². The Labute approximate surface area is 83.6 Å². The Morgan fingerprint density at radius 3 is 2.31 bits per heavy atom. The van der Waals surface area contributed by atoms with Gasteiger partial charge in [0, 0.05) is 0 Å². The van der Waals surface area contributed by atoms with Crippen molar-refractivity contribution in [3.63, 3.8) is 0 Å². The van der Waals surface area contributed by atoms with E-state index in [0.717, 1.165) is 6.54 Å². The van der Waals surface area contributed by atoms with Gasteiger partial charge in [-0.05, 0) is 39.3 Å². The van der Waals surface area contributed by atoms with Gasteiger partial charge in [-0.15, -0.1) is 6.58 Å². The number of unbranched alkanes of at least 4 members (excludes halogenated alkanes) is 4. The van der Waals surface area contributed by atoms with E-state index < -0.39 is 0 Å². The molecule has 0 fully saturated rings. The van der Waals surface area contributed by atoms with Crippen LogP contribution in [-0.2, 0) is 0 Å². The van der Waals surface area contributed by atoms with Crippen LogP contribution in [-0.4, -0.2) is 13.1 Å². The molecule has 0 bridgehead atoms. The first-order valence-corrected chi connectivity index (χ1v) is 5.62. The van der Waals surface area contributed by atoms with Gasteiger partial charge in [-0.1, -0.05) is 31.8 Å². The molecule has 0 aliphatic rings. The fraction of sp³-hybridized carbons (Fsp3) is 0.833. The number of allylic oxidation sites excluding steroid dienone is 1. The van der Waals surface area contributed by atoms with Crippen LogP contribution in [0.2, 0.25) is 0 Å². The predicted octanol–water partition coefficient (Wildman–Crippen LogP) is 3.51. The zero-order valence-electron chi connectivity index (χ0n) is 9.36. The molecule has 0 aromatic rings. The van der Waals surface area contributed by atoms with E-state index in [-0.39, 0.29) is 0 Å². The van der Waals surface area contributed by atoms with Crippen LogP contribution in [0.5, 0.6) is 0 Å². The van der Waals surface area contributed by atoms with E-state index in [1.54, 1.807) is 0 Å². The minimum atomic E-state index is 1.11. The summed E-state index contributed by atoms with van der Waals surface area (Å²) in [5, 5.41) is 3.34. The van der Waals surface area contributed by atoms with Crippen LogP contribution in [0.3, 0.4) is 0 Å². The highest BCUT2D eigenvalue weighted by molar-refractivity contribution is 4.86. The lowest BCUT2D eigenvalue weighted by molar-refractivity contribution is 0.583. The van der Waals surface area contributed by atoms with Gasteiger partial charge in [0.1, 0.15) is 0 Å². The minimum absolute atomic E-state index is 1.11. The predicted molar refractivity (Wildman–Crippen MR) is 61.1 cm³/mol. The van der Waals surface area contributed by atoms with Gasteiger partial charge in [0.05, 0.1) is 0 Å². The van der Waals surface area contributed by atoms with E-state index in [4.69, 9.17) is 0 Å². The SMILES string of the molecule is C=C(C)CCCCCCCNCC. The molecule has 0 saturated heterocycles. The van der Waals surface area contributed by atoms with Crippen molar-refractivity contribution >= 4 is 0 Å². The summed E-state index contributed by atoms with van der Waals surface area (Å²) < 4.78 is 0. The van der Waals surface area contributed by atoms with Gasteiger partial charge >= 0.3 is 0 Å². The van der Waals surface area contributed by atoms with Gasteiger partial charge in [-0.25, -0.2) is 0 Å². The lowest BCUT2D eigenvalue weighted by Gasteiger charge is -2.02. The number of hydrogen-bond donors (Lipinski definition) is 1. The number of nitrogens with one attached hydrogen (secondary N) is 1. The van der Waals surface area contributed by atoms with Crippen molar-refractivity contribution in [2.24, 2.45) is 0 Å². The van der Waals surface area contributed by atoms with Crippen LogP contribution in [0.1, 0.15) is 52.4 Å². The molecule has 0 aromatic carbocycles. The van der Waals surface area contributed by atoms with Crippen molar-refractivity contribution in [3.05, 3.63) is 12.2 Å². The lowest BCUT2D eigenvalue weighted by Crippen LogP contribution is -2.13. The first-order valence-electron chi connectivity index (χ1n) is 5.62. The fourth-order valence-electron chi connectivity index (χ4n) is 1.38. The topological polar surface area (TPSA) is 12.0 Å². The van der Waals surface area contributed by atoms with Crippen LogP contribution in [0.4, 0.5) is 0 Å². The standard InChI is InChI=1S/C12H25N/c1-4-13-11-9-7-5-6-8-10-12(2)3/h13H,2,4-11H2,1,3H3. The molecule has 0 atom stereocenters. The molecular weight excluding hydrogens is 158 g/mol. The third-order valence-electron chi connectivity index (χ3n) is 2.21. The molecule has 0 spiro atoms. The molecule has 78 valence electrons. The Balaban J connectivity index is 2.87. The first-order chi connectivity index (χ1) is 6.27. The molecule has 0 unspecified atom stereocenters. The van der Waals surface area contributed by atoms with Crippen LogP contribution in [0.15, 0.2) is 12.2 Å². The zero-order valence-corrected chi connectivity index (χ0v) is 9.36. The monoisotopic (exact) mass is 183 g/mol. The quantitative estimate of drug-likeness (QED) is 0.426. The second kappa shape index (κ2) is 9.79. The molecular formula is C12H25N. The highest BCUT2D eigenvalue weighted by Crippen LogP contribution is 2.08. The molecule has 0 amide bonds. The maximum absolute atomic E-state index is 3.90. The number of rotatable bonds is 9. The van der Waals surface area contributed by atoms with Crippen molar-refractivity contribution < 1.29 is 0 Å². The second-order valence-corrected chi connectivity index (χ2v) is 3.83. The molecule has 0 saturated carbocycles. The Bertz CT molecular complexity index is 118. The van der Waals surface area contributed by atoms with Crippen LogP contribution < -0.4 is 5.32 Å². The van der Waals surface area contributed by atoms with Crippen LogP contribution in [0.25, 0.3) is 0 Å². The van der Waals surface area contributed by atoms with E-state index in [0.29, 0.717) is 0 Å². The van der Waals surface area contributed by atoms with Crippen molar-refractivity contribution in [3.8, 4) is 0 Å². The smallest absolute Gasteiger partial charge is 0.00490 e. The molecule has 0 rings (SSSR count). The van der Waals surface area contributed by atoms with Gasteiger partial charge < -0.3 is 5.32 Å². The Morgan fingerprint density at radius 1 is 1.08 bits per heavy atom. The minimum Gasteiger partial charge on any atom is -0.317 e. The molecule has 1 N–H and O–H groups in total. The van der Waals surface area contributed by atoms with Gasteiger partial charge in [0.15, 0.2) is 0 Å². The summed E-state index contributed by atoms with van der Waals surface area (Å²) in [5.41, 5.74) is 1.33. The molecule has 0 aromatic heterocycles. The highest BCUT2D eigenvalue weighted by Gasteiger charge is 1.91. The molecule has 13 heavy (non-hydrogen) atoms. The van der Waals surface area contributed by atoms with Crippen molar-refractivity contribution in [2.75, 3.05) is 13.1 Å². The summed E-state index contributed by atoms with van der Waals surface area (Å²) in [5.74, 6) is 0. The normalized spacial score (nSPS) is 10.3. The summed E-state index contributed by atoms with van der Waals surface area (Å²) in [7, 11) is 0. The molecule has 0 heterocycles. The highest BCUT2D eigenvalue weighted by atomic mass is 14.8.